The minimum atomic E-state index is -3.54. The summed E-state index contributed by atoms with van der Waals surface area (Å²) in [6, 6.07) is 15.7. The van der Waals surface area contributed by atoms with Crippen LogP contribution in [0.25, 0.3) is 0 Å². The van der Waals surface area contributed by atoms with Gasteiger partial charge in [0, 0.05) is 30.4 Å². The summed E-state index contributed by atoms with van der Waals surface area (Å²) in [5.41, 5.74) is 4.05. The van der Waals surface area contributed by atoms with E-state index in [-0.39, 0.29) is 17.7 Å². The molecule has 1 fully saturated rings. The molecule has 0 aromatic heterocycles. The highest BCUT2D eigenvalue weighted by Gasteiger charge is 2.27. The van der Waals surface area contributed by atoms with E-state index in [4.69, 9.17) is 10.6 Å². The maximum absolute atomic E-state index is 12.8. The monoisotopic (exact) mass is 418 g/mol. The van der Waals surface area contributed by atoms with Crippen molar-refractivity contribution in [2.24, 2.45) is 5.84 Å². The molecule has 1 saturated heterocycles. The van der Waals surface area contributed by atoms with Crippen LogP contribution in [0.15, 0.2) is 54.6 Å². The van der Waals surface area contributed by atoms with Gasteiger partial charge in [-0.2, -0.15) is 0 Å². The van der Waals surface area contributed by atoms with Crippen LogP contribution in [0, 0.1) is 0 Å². The van der Waals surface area contributed by atoms with Gasteiger partial charge in [0.2, 0.25) is 10.0 Å². The van der Waals surface area contributed by atoms with Gasteiger partial charge in [0.25, 0.3) is 5.91 Å². The van der Waals surface area contributed by atoms with Crippen molar-refractivity contribution in [3.05, 3.63) is 65.7 Å². The van der Waals surface area contributed by atoms with E-state index in [0.717, 1.165) is 5.56 Å². The molecule has 1 aliphatic heterocycles. The van der Waals surface area contributed by atoms with Crippen LogP contribution in [-0.2, 0) is 21.2 Å². The van der Waals surface area contributed by atoms with E-state index < -0.39 is 10.0 Å². The van der Waals surface area contributed by atoms with Crippen molar-refractivity contribution in [3.8, 4) is 0 Å². The largest absolute Gasteiger partial charge is 0.379 e. The Hall–Kier alpha value is -2.46. The zero-order valence-corrected chi connectivity index (χ0v) is 16.9. The fraction of sp³-hybridized carbons (Fsp3) is 0.350. The van der Waals surface area contributed by atoms with Crippen molar-refractivity contribution in [1.82, 2.24) is 10.3 Å². The van der Waals surface area contributed by atoms with Gasteiger partial charge in [-0.3, -0.25) is 19.8 Å². The van der Waals surface area contributed by atoms with Crippen LogP contribution in [0.5, 0.6) is 0 Å². The maximum Gasteiger partial charge on any atom is 0.265 e. The summed E-state index contributed by atoms with van der Waals surface area (Å²) in [6.07, 6.45) is 0.542. The molecule has 0 radical (unpaired) electrons. The topological polar surface area (TPSA) is 114 Å². The third-order valence-electron chi connectivity index (χ3n) is 4.84. The van der Waals surface area contributed by atoms with Gasteiger partial charge in [-0.15, -0.1) is 0 Å². The number of para-hydroxylation sites is 1. The maximum atomic E-state index is 12.8. The first-order valence-electron chi connectivity index (χ1n) is 9.44. The van der Waals surface area contributed by atoms with Crippen LogP contribution < -0.4 is 16.0 Å². The molecule has 0 bridgehead atoms. The van der Waals surface area contributed by atoms with Crippen molar-refractivity contribution in [1.29, 1.82) is 0 Å². The Labute approximate surface area is 171 Å². The average molecular weight is 419 g/mol. The Balaban J connectivity index is 1.74. The Bertz CT molecular complexity index is 898. The number of benzene rings is 2. The number of hydrogen-bond donors (Lipinski definition) is 3. The normalized spacial score (nSPS) is 16.2. The van der Waals surface area contributed by atoms with E-state index in [9.17, 15) is 13.2 Å². The number of sulfonamides is 1. The smallest absolute Gasteiger partial charge is 0.265 e. The second-order valence-corrected chi connectivity index (χ2v) is 8.69. The van der Waals surface area contributed by atoms with Gasteiger partial charge in [0.05, 0.1) is 19.0 Å². The molecule has 1 aliphatic rings. The van der Waals surface area contributed by atoms with Gasteiger partial charge in [0.1, 0.15) is 0 Å². The molecule has 0 aliphatic carbocycles. The quantitative estimate of drug-likeness (QED) is 0.335. The zero-order valence-electron chi connectivity index (χ0n) is 16.1. The Morgan fingerprint density at radius 3 is 2.34 bits per heavy atom. The first-order valence-corrected chi connectivity index (χ1v) is 11.1. The summed E-state index contributed by atoms with van der Waals surface area (Å²) in [6.45, 7) is 2.52. The lowest BCUT2D eigenvalue weighted by atomic mass is 10.0. The predicted molar refractivity (Wildman–Crippen MR) is 112 cm³/mol. The first kappa shape index (κ1) is 21.3. The number of nitrogens with two attached hydrogens (primary N) is 1. The Morgan fingerprint density at radius 2 is 1.72 bits per heavy atom. The number of morpholine rings is 1. The fourth-order valence-electron chi connectivity index (χ4n) is 3.36. The summed E-state index contributed by atoms with van der Waals surface area (Å²) in [5.74, 6) is 4.76. The molecule has 8 nitrogen and oxygen atoms in total. The lowest BCUT2D eigenvalue weighted by molar-refractivity contribution is 0.0210. The SMILES string of the molecule is NNC(=O)c1ccc(CC(CS(=O)(=O)Nc2ccccc2)N2CCOCC2)cc1. The predicted octanol–water partition coefficient (Wildman–Crippen LogP) is 0.975. The van der Waals surface area contributed by atoms with E-state index >= 15 is 0 Å². The van der Waals surface area contributed by atoms with Crippen LogP contribution in [0.3, 0.4) is 0 Å². The van der Waals surface area contributed by atoms with Crippen molar-refractivity contribution >= 4 is 21.6 Å². The molecule has 4 N–H and O–H groups in total. The molecule has 9 heteroatoms. The third kappa shape index (κ3) is 6.26. The Morgan fingerprint density at radius 1 is 1.07 bits per heavy atom. The summed E-state index contributed by atoms with van der Waals surface area (Å²) in [5, 5.41) is 0. The number of nitrogen functional groups attached to an aromatic ring is 1. The lowest BCUT2D eigenvalue weighted by Gasteiger charge is -2.34. The van der Waals surface area contributed by atoms with Gasteiger partial charge < -0.3 is 4.74 Å². The number of nitrogens with one attached hydrogen (secondary N) is 2. The second kappa shape index (κ2) is 9.84. The minimum Gasteiger partial charge on any atom is -0.379 e. The number of anilines is 1. The number of carbonyl (C=O) groups is 1. The first-order chi connectivity index (χ1) is 14.0. The number of carbonyl (C=O) groups excluding carboxylic acids is 1. The second-order valence-electron chi connectivity index (χ2n) is 6.93. The van der Waals surface area contributed by atoms with Crippen LogP contribution in [0.2, 0.25) is 0 Å². The highest BCUT2D eigenvalue weighted by molar-refractivity contribution is 7.92. The van der Waals surface area contributed by atoms with E-state index in [0.29, 0.717) is 44.0 Å². The number of amides is 1. The average Bonchev–Trinajstić information content (AvgIpc) is 2.74. The van der Waals surface area contributed by atoms with E-state index in [1.165, 1.54) is 0 Å². The van der Waals surface area contributed by atoms with Gasteiger partial charge in [0.15, 0.2) is 0 Å². The molecule has 2 aromatic rings. The lowest BCUT2D eigenvalue weighted by Crippen LogP contribution is -2.48. The summed E-state index contributed by atoms with van der Waals surface area (Å²) >= 11 is 0. The van der Waals surface area contributed by atoms with E-state index in [1.807, 2.05) is 18.2 Å². The number of hydrazine groups is 1. The van der Waals surface area contributed by atoms with E-state index in [2.05, 4.69) is 15.0 Å². The van der Waals surface area contributed by atoms with Crippen LogP contribution >= 0.6 is 0 Å². The number of nitrogens with zero attached hydrogens (tertiary/aromatic N) is 1. The highest BCUT2D eigenvalue weighted by atomic mass is 32.2. The molecule has 3 rings (SSSR count). The van der Waals surface area contributed by atoms with Gasteiger partial charge in [-0.05, 0) is 36.2 Å². The standard InChI is InChI=1S/C20H26N4O4S/c21-22-20(25)17-8-6-16(7-9-17)14-19(24-10-12-28-13-11-24)15-29(26,27)23-18-4-2-1-3-5-18/h1-9,19,23H,10-15,21H2,(H,22,25). The van der Waals surface area contributed by atoms with Crippen LogP contribution in [-0.4, -0.2) is 57.3 Å². The molecule has 1 atom stereocenters. The van der Waals surface area contributed by atoms with Crippen molar-refractivity contribution in [2.45, 2.75) is 12.5 Å². The molecule has 2 aromatic carbocycles. The number of rotatable bonds is 8. The highest BCUT2D eigenvalue weighted by Crippen LogP contribution is 2.16. The molecular formula is C20H26N4O4S. The summed E-state index contributed by atoms with van der Waals surface area (Å²) < 4.78 is 33.6. The Kier molecular flexibility index (Phi) is 7.21. The van der Waals surface area contributed by atoms with Crippen molar-refractivity contribution in [2.75, 3.05) is 36.8 Å². The molecular weight excluding hydrogens is 392 g/mol. The van der Waals surface area contributed by atoms with Crippen molar-refractivity contribution < 1.29 is 17.9 Å². The number of ether oxygens (including phenoxy) is 1. The van der Waals surface area contributed by atoms with Gasteiger partial charge in [-0.25, -0.2) is 14.3 Å². The summed E-state index contributed by atoms with van der Waals surface area (Å²) in [7, 11) is -3.54. The summed E-state index contributed by atoms with van der Waals surface area (Å²) in [4.78, 5) is 13.8. The minimum absolute atomic E-state index is 0.0348. The molecule has 1 amide bonds. The van der Waals surface area contributed by atoms with Crippen LogP contribution in [0.4, 0.5) is 5.69 Å². The molecule has 1 heterocycles. The molecule has 0 saturated carbocycles. The van der Waals surface area contributed by atoms with Crippen molar-refractivity contribution in [3.63, 3.8) is 0 Å². The molecule has 0 spiro atoms. The number of hydrogen-bond acceptors (Lipinski definition) is 6. The molecule has 29 heavy (non-hydrogen) atoms. The third-order valence-corrected chi connectivity index (χ3v) is 6.21. The van der Waals surface area contributed by atoms with E-state index in [1.54, 1.807) is 36.4 Å². The molecule has 156 valence electrons. The fourth-order valence-corrected chi connectivity index (χ4v) is 4.78. The van der Waals surface area contributed by atoms with Gasteiger partial charge >= 0.3 is 0 Å². The van der Waals surface area contributed by atoms with Crippen LogP contribution in [0.1, 0.15) is 15.9 Å². The van der Waals surface area contributed by atoms with Gasteiger partial charge in [-0.1, -0.05) is 30.3 Å². The molecule has 1 unspecified atom stereocenters. The zero-order chi connectivity index (χ0) is 20.7.